The number of aryl methyl sites for hydroxylation is 1. The van der Waals surface area contributed by atoms with Crippen molar-refractivity contribution in [2.24, 2.45) is 7.05 Å². The summed E-state index contributed by atoms with van der Waals surface area (Å²) in [6, 6.07) is 16.3. The van der Waals surface area contributed by atoms with E-state index in [1.165, 1.54) is 15.6 Å². The lowest BCUT2D eigenvalue weighted by Crippen LogP contribution is -2.22. The minimum Gasteiger partial charge on any atom is -0.295 e. The van der Waals surface area contributed by atoms with Crippen molar-refractivity contribution in [2.75, 3.05) is 0 Å². The van der Waals surface area contributed by atoms with Crippen LogP contribution in [0, 0.1) is 0 Å². The zero-order chi connectivity index (χ0) is 14.4. The molecule has 0 atom stereocenters. The molecule has 21 heavy (non-hydrogen) atoms. The molecular weight excluding hydrogens is 280 g/mol. The second-order valence-corrected chi connectivity index (χ2v) is 6.08. The van der Waals surface area contributed by atoms with E-state index in [2.05, 4.69) is 17.5 Å². The second-order valence-electron chi connectivity index (χ2n) is 5.17. The quantitative estimate of drug-likeness (QED) is 0.555. The van der Waals surface area contributed by atoms with Gasteiger partial charge in [0.15, 0.2) is 0 Å². The van der Waals surface area contributed by atoms with Crippen molar-refractivity contribution in [3.8, 4) is 0 Å². The first-order chi connectivity index (χ1) is 10.3. The summed E-state index contributed by atoms with van der Waals surface area (Å²) in [5.41, 5.74) is 3.20. The third kappa shape index (κ3) is 1.83. The Morgan fingerprint density at radius 3 is 2.57 bits per heavy atom. The number of fused-ring (bicyclic) bond motifs is 2. The molecule has 2 aromatic carbocycles. The summed E-state index contributed by atoms with van der Waals surface area (Å²) >= 11 is 1.73. The topological polar surface area (TPSA) is 26.9 Å². The maximum Gasteiger partial charge on any atom is 0.329 e. The molecule has 4 heteroatoms. The normalized spacial score (nSPS) is 11.5. The van der Waals surface area contributed by atoms with Crippen molar-refractivity contribution in [1.82, 2.24) is 9.13 Å². The molecular formula is C17H14N2OS. The van der Waals surface area contributed by atoms with E-state index < -0.39 is 0 Å². The van der Waals surface area contributed by atoms with Crippen LogP contribution < -0.4 is 5.69 Å². The number of nitrogens with zero attached hydrogens (tertiary/aromatic N) is 2. The fourth-order valence-electron chi connectivity index (χ4n) is 2.84. The molecule has 0 fully saturated rings. The van der Waals surface area contributed by atoms with E-state index in [1.807, 2.05) is 48.0 Å². The Bertz CT molecular complexity index is 1010. The highest BCUT2D eigenvalue weighted by molar-refractivity contribution is 7.17. The number of hydrogen-bond donors (Lipinski definition) is 0. The summed E-state index contributed by atoms with van der Waals surface area (Å²) < 4.78 is 4.83. The molecule has 4 rings (SSSR count). The standard InChI is InChI=1S/C17H14N2OS/c1-18-14-7-3-4-8-15(14)19(17(18)20)10-12-11-21-16-9-5-2-6-13(12)16/h2-9,11H,10H2,1H3. The average molecular weight is 294 g/mol. The summed E-state index contributed by atoms with van der Waals surface area (Å²) in [4.78, 5) is 12.5. The molecule has 3 nitrogen and oxygen atoms in total. The van der Waals surface area contributed by atoms with Crippen molar-refractivity contribution in [3.63, 3.8) is 0 Å². The lowest BCUT2D eigenvalue weighted by Gasteiger charge is -2.02. The molecule has 0 amide bonds. The highest BCUT2D eigenvalue weighted by atomic mass is 32.1. The smallest absolute Gasteiger partial charge is 0.295 e. The van der Waals surface area contributed by atoms with Crippen molar-refractivity contribution in [2.45, 2.75) is 6.54 Å². The third-order valence-electron chi connectivity index (χ3n) is 3.94. The molecule has 0 saturated carbocycles. The Balaban J connectivity index is 1.92. The zero-order valence-electron chi connectivity index (χ0n) is 11.6. The Kier molecular flexibility index (Phi) is 2.72. The van der Waals surface area contributed by atoms with Gasteiger partial charge in [-0.15, -0.1) is 11.3 Å². The zero-order valence-corrected chi connectivity index (χ0v) is 12.4. The second kappa shape index (κ2) is 4.60. The Hall–Kier alpha value is -2.33. The van der Waals surface area contributed by atoms with E-state index in [4.69, 9.17) is 0 Å². The Morgan fingerprint density at radius 1 is 1.00 bits per heavy atom. The molecule has 0 aliphatic heterocycles. The van der Waals surface area contributed by atoms with Crippen LogP contribution in [-0.4, -0.2) is 9.13 Å². The van der Waals surface area contributed by atoms with Gasteiger partial charge in [-0.1, -0.05) is 30.3 Å². The summed E-state index contributed by atoms with van der Waals surface area (Å²) in [7, 11) is 1.83. The van der Waals surface area contributed by atoms with Crippen molar-refractivity contribution >= 4 is 32.5 Å². The van der Waals surface area contributed by atoms with Crippen LogP contribution in [0.4, 0.5) is 0 Å². The number of para-hydroxylation sites is 2. The first-order valence-corrected chi connectivity index (χ1v) is 7.73. The van der Waals surface area contributed by atoms with Crippen molar-refractivity contribution < 1.29 is 0 Å². The van der Waals surface area contributed by atoms with Crippen molar-refractivity contribution in [1.29, 1.82) is 0 Å². The number of rotatable bonds is 2. The molecule has 0 bridgehead atoms. The first-order valence-electron chi connectivity index (χ1n) is 6.85. The van der Waals surface area contributed by atoms with Crippen LogP contribution >= 0.6 is 11.3 Å². The van der Waals surface area contributed by atoms with Crippen LogP contribution in [0.3, 0.4) is 0 Å². The monoisotopic (exact) mass is 294 g/mol. The predicted molar refractivity (Wildman–Crippen MR) is 88.1 cm³/mol. The van der Waals surface area contributed by atoms with Gasteiger partial charge in [-0.3, -0.25) is 9.13 Å². The maximum atomic E-state index is 12.5. The van der Waals surface area contributed by atoms with Gasteiger partial charge < -0.3 is 0 Å². The average Bonchev–Trinajstić information content (AvgIpc) is 3.04. The van der Waals surface area contributed by atoms with Gasteiger partial charge in [0, 0.05) is 11.7 Å². The Labute approximate surface area is 125 Å². The SMILES string of the molecule is Cn1c(=O)n(Cc2csc3ccccc23)c2ccccc21. The molecule has 2 aromatic heterocycles. The van der Waals surface area contributed by atoms with E-state index in [9.17, 15) is 4.79 Å². The molecule has 0 aliphatic carbocycles. The van der Waals surface area contributed by atoms with Gasteiger partial charge in [-0.2, -0.15) is 0 Å². The summed E-state index contributed by atoms with van der Waals surface area (Å²) in [5.74, 6) is 0. The number of aromatic nitrogens is 2. The van der Waals surface area contributed by atoms with Gasteiger partial charge in [0.25, 0.3) is 0 Å². The van der Waals surface area contributed by atoms with E-state index >= 15 is 0 Å². The van der Waals surface area contributed by atoms with Crippen LogP contribution in [0.1, 0.15) is 5.56 Å². The fourth-order valence-corrected chi connectivity index (χ4v) is 3.80. The van der Waals surface area contributed by atoms with E-state index in [1.54, 1.807) is 15.9 Å². The van der Waals surface area contributed by atoms with Crippen LogP contribution in [0.5, 0.6) is 0 Å². The minimum absolute atomic E-state index is 0.0338. The van der Waals surface area contributed by atoms with Crippen LogP contribution in [0.15, 0.2) is 58.7 Å². The molecule has 0 saturated heterocycles. The summed E-state index contributed by atoms with van der Waals surface area (Å²) in [6.45, 7) is 0.615. The van der Waals surface area contributed by atoms with Crippen LogP contribution in [0.25, 0.3) is 21.1 Å². The third-order valence-corrected chi connectivity index (χ3v) is 4.95. The van der Waals surface area contributed by atoms with Crippen LogP contribution in [0.2, 0.25) is 0 Å². The maximum absolute atomic E-state index is 12.5. The van der Waals surface area contributed by atoms with Gasteiger partial charge in [0.05, 0.1) is 17.6 Å². The lowest BCUT2D eigenvalue weighted by atomic mass is 10.2. The van der Waals surface area contributed by atoms with Gasteiger partial charge in [0.2, 0.25) is 0 Å². The summed E-state index contributed by atoms with van der Waals surface area (Å²) in [5, 5.41) is 3.39. The summed E-state index contributed by atoms with van der Waals surface area (Å²) in [6.07, 6.45) is 0. The number of hydrogen-bond acceptors (Lipinski definition) is 2. The van der Waals surface area contributed by atoms with Gasteiger partial charge in [-0.25, -0.2) is 4.79 Å². The molecule has 2 heterocycles. The van der Waals surface area contributed by atoms with Crippen molar-refractivity contribution in [3.05, 3.63) is 70.0 Å². The van der Waals surface area contributed by atoms with Gasteiger partial charge >= 0.3 is 5.69 Å². The molecule has 0 N–H and O–H groups in total. The molecule has 4 aromatic rings. The number of benzene rings is 2. The lowest BCUT2D eigenvalue weighted by molar-refractivity contribution is 0.740. The van der Waals surface area contributed by atoms with Gasteiger partial charge in [-0.05, 0) is 34.5 Å². The van der Waals surface area contributed by atoms with E-state index in [0.29, 0.717) is 6.54 Å². The van der Waals surface area contributed by atoms with Crippen LogP contribution in [-0.2, 0) is 13.6 Å². The molecule has 104 valence electrons. The van der Waals surface area contributed by atoms with E-state index in [0.717, 1.165) is 11.0 Å². The molecule has 0 radical (unpaired) electrons. The highest BCUT2D eigenvalue weighted by Crippen LogP contribution is 2.26. The first kappa shape index (κ1) is 12.4. The molecule has 0 aliphatic rings. The Morgan fingerprint density at radius 2 is 1.71 bits per heavy atom. The predicted octanol–water partition coefficient (Wildman–Crippen LogP) is 3.60. The van der Waals surface area contributed by atoms with E-state index in [-0.39, 0.29) is 5.69 Å². The number of imidazole rings is 1. The number of thiophene rings is 1. The minimum atomic E-state index is 0.0338. The fraction of sp³-hybridized carbons (Fsp3) is 0.118. The molecule has 0 unspecified atom stereocenters. The highest BCUT2D eigenvalue weighted by Gasteiger charge is 2.12. The molecule has 0 spiro atoms. The largest absolute Gasteiger partial charge is 0.329 e. The van der Waals surface area contributed by atoms with Gasteiger partial charge in [0.1, 0.15) is 0 Å².